The van der Waals surface area contributed by atoms with Crippen LogP contribution in [-0.4, -0.2) is 28.0 Å². The van der Waals surface area contributed by atoms with Crippen LogP contribution in [0.5, 0.6) is 0 Å². The van der Waals surface area contributed by atoms with Gasteiger partial charge in [0.15, 0.2) is 0 Å². The zero-order valence-corrected chi connectivity index (χ0v) is 19.1. The number of halogens is 1. The number of para-hydroxylation sites is 1. The molecule has 1 unspecified atom stereocenters. The highest BCUT2D eigenvalue weighted by Crippen LogP contribution is 2.36. The smallest absolute Gasteiger partial charge is 0.275 e. The van der Waals surface area contributed by atoms with Gasteiger partial charge in [-0.15, -0.1) is 0 Å². The number of nitrogens with one attached hydrogen (secondary N) is 1. The molecule has 0 saturated heterocycles. The van der Waals surface area contributed by atoms with Crippen LogP contribution in [0.15, 0.2) is 54.6 Å². The predicted molar refractivity (Wildman–Crippen MR) is 128 cm³/mol. The lowest BCUT2D eigenvalue weighted by atomic mass is 9.92. The molecule has 0 spiro atoms. The molecular weight excluding hydrogens is 422 g/mol. The molecule has 2 aliphatic rings. The van der Waals surface area contributed by atoms with Gasteiger partial charge in [0.2, 0.25) is 5.91 Å². The number of benzene rings is 2. The van der Waals surface area contributed by atoms with E-state index in [1.165, 1.54) is 12.8 Å². The fourth-order valence-electron chi connectivity index (χ4n) is 5.21. The maximum absolute atomic E-state index is 13.8. The molecule has 32 heavy (non-hydrogen) atoms. The molecule has 5 rings (SSSR count). The van der Waals surface area contributed by atoms with Crippen molar-refractivity contribution >= 4 is 40.0 Å². The minimum absolute atomic E-state index is 0.101. The molecule has 1 aliphatic carbocycles. The van der Waals surface area contributed by atoms with Crippen molar-refractivity contribution < 1.29 is 9.59 Å². The first-order chi connectivity index (χ1) is 15.5. The molecule has 3 aromatic rings. The van der Waals surface area contributed by atoms with E-state index < -0.39 is 5.54 Å². The molecule has 166 valence electrons. The third kappa shape index (κ3) is 3.58. The Morgan fingerprint density at radius 2 is 1.72 bits per heavy atom. The van der Waals surface area contributed by atoms with Gasteiger partial charge in [0.05, 0.1) is 6.54 Å². The molecule has 2 aromatic carbocycles. The Morgan fingerprint density at radius 3 is 2.44 bits per heavy atom. The molecule has 2 amide bonds. The summed E-state index contributed by atoms with van der Waals surface area (Å²) < 4.78 is 2.00. The molecule has 0 radical (unpaired) electrons. The van der Waals surface area contributed by atoms with Gasteiger partial charge in [-0.2, -0.15) is 0 Å². The van der Waals surface area contributed by atoms with Crippen molar-refractivity contribution in [1.82, 2.24) is 9.88 Å². The van der Waals surface area contributed by atoms with Crippen LogP contribution in [0.25, 0.3) is 10.9 Å². The molecule has 0 bridgehead atoms. The number of nitrogens with zero attached hydrogens (tertiary/aromatic N) is 2. The van der Waals surface area contributed by atoms with E-state index in [1.54, 1.807) is 17.0 Å². The summed E-state index contributed by atoms with van der Waals surface area (Å²) in [6.45, 7) is 2.27. The van der Waals surface area contributed by atoms with E-state index >= 15 is 0 Å². The first-order valence-corrected chi connectivity index (χ1v) is 11.8. The SMILES string of the molecule is CC1(C(=O)NC2CCCCCC2)Cn2c(cc3ccccc32)C(=O)N1c1ccc(Cl)cc1. The molecule has 1 aliphatic heterocycles. The van der Waals surface area contributed by atoms with Crippen molar-refractivity contribution in [2.24, 2.45) is 0 Å². The summed E-state index contributed by atoms with van der Waals surface area (Å²) in [6.07, 6.45) is 6.69. The molecule has 1 atom stereocenters. The van der Waals surface area contributed by atoms with Crippen molar-refractivity contribution in [3.63, 3.8) is 0 Å². The Bertz CT molecular complexity index is 1160. The molecule has 2 heterocycles. The van der Waals surface area contributed by atoms with Crippen LogP contribution in [0.1, 0.15) is 55.9 Å². The van der Waals surface area contributed by atoms with Crippen LogP contribution >= 0.6 is 11.6 Å². The maximum Gasteiger partial charge on any atom is 0.275 e. The van der Waals surface area contributed by atoms with Crippen molar-refractivity contribution in [3.8, 4) is 0 Å². The van der Waals surface area contributed by atoms with Gasteiger partial charge in [0.25, 0.3) is 5.91 Å². The third-order valence-electron chi connectivity index (χ3n) is 6.96. The van der Waals surface area contributed by atoms with Crippen molar-refractivity contribution in [3.05, 3.63) is 65.3 Å². The molecule has 1 saturated carbocycles. The summed E-state index contributed by atoms with van der Waals surface area (Å²) in [7, 11) is 0. The second-order valence-corrected chi connectivity index (χ2v) is 9.66. The first kappa shape index (κ1) is 21.1. The maximum atomic E-state index is 13.8. The summed E-state index contributed by atoms with van der Waals surface area (Å²) in [5.41, 5.74) is 1.18. The molecule has 1 aromatic heterocycles. The van der Waals surface area contributed by atoms with E-state index in [4.69, 9.17) is 11.6 Å². The highest BCUT2D eigenvalue weighted by atomic mass is 35.5. The van der Waals surface area contributed by atoms with Gasteiger partial charge in [0.1, 0.15) is 11.2 Å². The number of anilines is 1. The van der Waals surface area contributed by atoms with Crippen LogP contribution < -0.4 is 10.2 Å². The van der Waals surface area contributed by atoms with Gasteiger partial charge in [-0.25, -0.2) is 0 Å². The van der Waals surface area contributed by atoms with Gasteiger partial charge in [-0.3, -0.25) is 14.5 Å². The standard InChI is InChI=1S/C26H28ClN3O2/c1-26(25(32)28-20-9-4-2-3-5-10-20)17-29-22-11-7-6-8-18(22)16-23(29)24(31)30(26)21-14-12-19(27)13-15-21/h6-8,11-16,20H,2-5,9-10,17H2,1H3,(H,28,32). The Kier molecular flexibility index (Phi) is 5.46. The van der Waals surface area contributed by atoms with E-state index in [9.17, 15) is 9.59 Å². The average molecular weight is 450 g/mol. The number of carbonyl (C=O) groups excluding carboxylic acids is 2. The van der Waals surface area contributed by atoms with E-state index in [0.29, 0.717) is 22.9 Å². The number of hydrogen-bond acceptors (Lipinski definition) is 2. The van der Waals surface area contributed by atoms with E-state index in [-0.39, 0.29) is 17.9 Å². The third-order valence-corrected chi connectivity index (χ3v) is 7.21. The normalized spacial score (nSPS) is 21.9. The van der Waals surface area contributed by atoms with Gasteiger partial charge < -0.3 is 9.88 Å². The van der Waals surface area contributed by atoms with Gasteiger partial charge >= 0.3 is 0 Å². The lowest BCUT2D eigenvalue weighted by molar-refractivity contribution is -0.127. The quantitative estimate of drug-likeness (QED) is 0.533. The zero-order valence-electron chi connectivity index (χ0n) is 18.3. The number of amides is 2. The van der Waals surface area contributed by atoms with Crippen LogP contribution in [0, 0.1) is 0 Å². The number of rotatable bonds is 3. The van der Waals surface area contributed by atoms with Crippen LogP contribution in [0.4, 0.5) is 5.69 Å². The Hall–Kier alpha value is -2.79. The first-order valence-electron chi connectivity index (χ1n) is 11.5. The fraction of sp³-hybridized carbons (Fsp3) is 0.385. The lowest BCUT2D eigenvalue weighted by Gasteiger charge is -2.44. The topological polar surface area (TPSA) is 54.3 Å². The summed E-state index contributed by atoms with van der Waals surface area (Å²) in [6, 6.07) is 17.2. The molecule has 6 heteroatoms. The molecular formula is C26H28ClN3O2. The summed E-state index contributed by atoms with van der Waals surface area (Å²) in [4.78, 5) is 29.3. The second kappa shape index (κ2) is 8.28. The van der Waals surface area contributed by atoms with E-state index in [2.05, 4.69) is 5.32 Å². The van der Waals surface area contributed by atoms with Crippen LogP contribution in [-0.2, 0) is 11.3 Å². The molecule has 5 nitrogen and oxygen atoms in total. The van der Waals surface area contributed by atoms with E-state index in [1.807, 2.05) is 54.0 Å². The van der Waals surface area contributed by atoms with Crippen molar-refractivity contribution in [1.29, 1.82) is 0 Å². The fourth-order valence-corrected chi connectivity index (χ4v) is 5.33. The zero-order chi connectivity index (χ0) is 22.3. The van der Waals surface area contributed by atoms with Crippen LogP contribution in [0.2, 0.25) is 5.02 Å². The minimum Gasteiger partial charge on any atom is -0.351 e. The van der Waals surface area contributed by atoms with Gasteiger partial charge in [-0.1, -0.05) is 55.5 Å². The highest BCUT2D eigenvalue weighted by molar-refractivity contribution is 6.30. The summed E-state index contributed by atoms with van der Waals surface area (Å²) in [5, 5.41) is 4.89. The Labute approximate surface area is 193 Å². The minimum atomic E-state index is -1.06. The molecule has 1 fully saturated rings. The number of fused-ring (bicyclic) bond motifs is 3. The lowest BCUT2D eigenvalue weighted by Crippen LogP contribution is -2.65. The number of carbonyl (C=O) groups is 2. The monoisotopic (exact) mass is 449 g/mol. The summed E-state index contributed by atoms with van der Waals surface area (Å²) in [5.74, 6) is -0.274. The van der Waals surface area contributed by atoms with Gasteiger partial charge in [0, 0.05) is 27.7 Å². The highest BCUT2D eigenvalue weighted by Gasteiger charge is 2.49. The Morgan fingerprint density at radius 1 is 1.03 bits per heavy atom. The van der Waals surface area contributed by atoms with E-state index in [0.717, 1.165) is 36.6 Å². The molecule has 1 N–H and O–H groups in total. The van der Waals surface area contributed by atoms with Crippen molar-refractivity contribution in [2.45, 2.75) is 63.6 Å². The summed E-state index contributed by atoms with van der Waals surface area (Å²) >= 11 is 6.11. The average Bonchev–Trinajstić information content (AvgIpc) is 2.96. The van der Waals surface area contributed by atoms with Crippen molar-refractivity contribution in [2.75, 3.05) is 4.90 Å². The Balaban J connectivity index is 1.59. The second-order valence-electron chi connectivity index (χ2n) is 9.23. The number of aromatic nitrogens is 1. The van der Waals surface area contributed by atoms with Gasteiger partial charge in [-0.05, 0) is 56.2 Å². The number of hydrogen-bond donors (Lipinski definition) is 1. The van der Waals surface area contributed by atoms with Crippen LogP contribution in [0.3, 0.4) is 0 Å². The largest absolute Gasteiger partial charge is 0.351 e. The predicted octanol–water partition coefficient (Wildman–Crippen LogP) is 5.55.